The molecule has 2 aliphatic rings. The summed E-state index contributed by atoms with van der Waals surface area (Å²) in [5.74, 6) is 2.79. The van der Waals surface area contributed by atoms with Crippen molar-refractivity contribution >= 4 is 29.9 Å². The van der Waals surface area contributed by atoms with Crippen LogP contribution in [0.25, 0.3) is 0 Å². The van der Waals surface area contributed by atoms with E-state index in [-0.39, 0.29) is 35.6 Å². The highest BCUT2D eigenvalue weighted by molar-refractivity contribution is 14.0. The Morgan fingerprint density at radius 1 is 1.10 bits per heavy atom. The van der Waals surface area contributed by atoms with E-state index < -0.39 is 0 Å². The normalized spacial score (nSPS) is 20.5. The monoisotopic (exact) mass is 533 g/mol. The first kappa shape index (κ1) is 25.4. The minimum atomic E-state index is 0. The Morgan fingerprint density at radius 2 is 1.80 bits per heavy atom. The topological polar surface area (TPSA) is 65.3 Å². The van der Waals surface area contributed by atoms with Crippen molar-refractivity contribution in [2.45, 2.75) is 51.6 Å². The van der Waals surface area contributed by atoms with Crippen LogP contribution < -0.4 is 10.6 Å². The molecule has 0 aromatic carbocycles. The zero-order valence-corrected chi connectivity index (χ0v) is 21.4. The van der Waals surface area contributed by atoms with Gasteiger partial charge in [0.25, 0.3) is 0 Å². The first-order chi connectivity index (χ1) is 14.0. The maximum absolute atomic E-state index is 5.97. The summed E-state index contributed by atoms with van der Waals surface area (Å²) in [5, 5.41) is 7.07. The number of aryl methyl sites for hydroxylation is 1. The van der Waals surface area contributed by atoms with Crippen LogP contribution in [-0.4, -0.2) is 80.8 Å². The van der Waals surface area contributed by atoms with E-state index in [2.05, 4.69) is 45.3 Å². The molecule has 0 amide bonds. The number of guanidine groups is 1. The van der Waals surface area contributed by atoms with Gasteiger partial charge in [-0.25, -0.2) is 0 Å². The van der Waals surface area contributed by atoms with Crippen molar-refractivity contribution < 1.29 is 9.15 Å². The van der Waals surface area contributed by atoms with Crippen LogP contribution in [0.3, 0.4) is 0 Å². The van der Waals surface area contributed by atoms with Gasteiger partial charge < -0.3 is 19.8 Å². The number of nitrogens with one attached hydrogen (secondary N) is 2. The lowest BCUT2D eigenvalue weighted by atomic mass is 9.98. The van der Waals surface area contributed by atoms with Gasteiger partial charge in [-0.2, -0.15) is 0 Å². The van der Waals surface area contributed by atoms with Crippen LogP contribution in [-0.2, 0) is 4.74 Å². The third-order valence-corrected chi connectivity index (χ3v) is 6.16. The largest absolute Gasteiger partial charge is 0.465 e. The second-order valence-electron chi connectivity index (χ2n) is 8.78. The average Bonchev–Trinajstić information content (AvgIpc) is 3.18. The molecule has 2 aliphatic heterocycles. The summed E-state index contributed by atoms with van der Waals surface area (Å²) in [4.78, 5) is 9.48. The number of hydrogen-bond acceptors (Lipinski definition) is 5. The smallest absolute Gasteiger partial charge is 0.191 e. The van der Waals surface area contributed by atoms with Gasteiger partial charge in [0.1, 0.15) is 11.5 Å². The summed E-state index contributed by atoms with van der Waals surface area (Å²) in [5.41, 5.74) is 0.111. The number of morpholine rings is 1. The van der Waals surface area contributed by atoms with Gasteiger partial charge in [0.2, 0.25) is 0 Å². The standard InChI is InChI=1S/C22H39N5O2.HI/c1-18-8-9-20(29-18)19(26-12-14-28-15-13-26)16-24-21(23-4)25-17-22(2,3)27-10-6-5-7-11-27;/h8-9,19H,5-7,10-17H2,1-4H3,(H2,23,24,25);1H. The first-order valence-electron chi connectivity index (χ1n) is 11.1. The third kappa shape index (κ3) is 7.10. The second kappa shape index (κ2) is 12.3. The molecule has 0 aliphatic carbocycles. The maximum Gasteiger partial charge on any atom is 0.191 e. The van der Waals surface area contributed by atoms with Crippen molar-refractivity contribution in [2.24, 2.45) is 4.99 Å². The predicted molar refractivity (Wildman–Crippen MR) is 133 cm³/mol. The lowest BCUT2D eigenvalue weighted by molar-refractivity contribution is 0.0124. The van der Waals surface area contributed by atoms with Gasteiger partial charge in [-0.1, -0.05) is 6.42 Å². The average molecular weight is 533 g/mol. The Bertz CT molecular complexity index is 652. The van der Waals surface area contributed by atoms with Gasteiger partial charge in [-0.15, -0.1) is 24.0 Å². The summed E-state index contributed by atoms with van der Waals surface area (Å²) < 4.78 is 11.5. The molecule has 172 valence electrons. The zero-order chi connectivity index (χ0) is 20.7. The molecule has 3 rings (SSSR count). The van der Waals surface area contributed by atoms with Gasteiger partial charge in [-0.3, -0.25) is 14.8 Å². The van der Waals surface area contributed by atoms with Gasteiger partial charge >= 0.3 is 0 Å². The molecule has 0 bridgehead atoms. The molecule has 2 fully saturated rings. The fraction of sp³-hybridized carbons (Fsp3) is 0.773. The molecule has 7 nitrogen and oxygen atoms in total. The van der Waals surface area contributed by atoms with Crippen LogP contribution in [0.15, 0.2) is 21.5 Å². The van der Waals surface area contributed by atoms with Gasteiger partial charge in [-0.05, 0) is 58.8 Å². The van der Waals surface area contributed by atoms with E-state index in [1.165, 1.54) is 32.4 Å². The quantitative estimate of drug-likeness (QED) is 0.319. The lowest BCUT2D eigenvalue weighted by Gasteiger charge is -2.41. The van der Waals surface area contributed by atoms with E-state index in [0.717, 1.165) is 56.9 Å². The molecule has 1 atom stereocenters. The zero-order valence-electron chi connectivity index (χ0n) is 19.1. The van der Waals surface area contributed by atoms with Crippen molar-refractivity contribution in [3.63, 3.8) is 0 Å². The summed E-state index contributed by atoms with van der Waals surface area (Å²) in [7, 11) is 1.84. The number of ether oxygens (including phenoxy) is 1. The molecule has 2 N–H and O–H groups in total. The second-order valence-corrected chi connectivity index (χ2v) is 8.78. The fourth-order valence-electron chi connectivity index (χ4n) is 4.26. The number of piperidine rings is 1. The molecule has 1 unspecified atom stereocenters. The fourth-order valence-corrected chi connectivity index (χ4v) is 4.26. The number of likely N-dealkylation sites (tertiary alicyclic amines) is 1. The Balaban J connectivity index is 0.00000320. The van der Waals surface area contributed by atoms with Crippen molar-refractivity contribution in [3.05, 3.63) is 23.7 Å². The molecule has 30 heavy (non-hydrogen) atoms. The Kier molecular flexibility index (Phi) is 10.4. The van der Waals surface area contributed by atoms with Crippen LogP contribution in [0, 0.1) is 6.92 Å². The van der Waals surface area contributed by atoms with E-state index in [9.17, 15) is 0 Å². The third-order valence-electron chi connectivity index (χ3n) is 6.16. The minimum absolute atomic E-state index is 0. The van der Waals surface area contributed by atoms with Crippen LogP contribution in [0.1, 0.15) is 50.7 Å². The number of aliphatic imine (C=N–C) groups is 1. The number of rotatable bonds is 7. The van der Waals surface area contributed by atoms with E-state index in [0.29, 0.717) is 0 Å². The molecule has 2 saturated heterocycles. The van der Waals surface area contributed by atoms with Crippen LogP contribution in [0.5, 0.6) is 0 Å². The Labute approximate surface area is 199 Å². The molecule has 8 heteroatoms. The number of halogens is 1. The highest BCUT2D eigenvalue weighted by Gasteiger charge is 2.29. The summed E-state index contributed by atoms with van der Waals surface area (Å²) >= 11 is 0. The van der Waals surface area contributed by atoms with Crippen molar-refractivity contribution in [3.8, 4) is 0 Å². The van der Waals surface area contributed by atoms with E-state index in [1.807, 2.05) is 20.0 Å². The highest BCUT2D eigenvalue weighted by Crippen LogP contribution is 2.23. The minimum Gasteiger partial charge on any atom is -0.465 e. The molecule has 0 spiro atoms. The Morgan fingerprint density at radius 3 is 2.40 bits per heavy atom. The lowest BCUT2D eigenvalue weighted by Crippen LogP contribution is -2.55. The van der Waals surface area contributed by atoms with E-state index in [1.54, 1.807) is 0 Å². The predicted octanol–water partition coefficient (Wildman–Crippen LogP) is 3.01. The van der Waals surface area contributed by atoms with Gasteiger partial charge in [0, 0.05) is 38.8 Å². The molecule has 1 aromatic heterocycles. The summed E-state index contributed by atoms with van der Waals surface area (Å²) in [6.07, 6.45) is 3.97. The number of furan rings is 1. The van der Waals surface area contributed by atoms with E-state index >= 15 is 0 Å². The van der Waals surface area contributed by atoms with Crippen molar-refractivity contribution in [1.82, 2.24) is 20.4 Å². The van der Waals surface area contributed by atoms with Crippen molar-refractivity contribution in [1.29, 1.82) is 0 Å². The SMILES string of the molecule is CN=C(NCC(c1ccc(C)o1)N1CCOCC1)NCC(C)(C)N1CCCCC1.I. The van der Waals surface area contributed by atoms with Crippen molar-refractivity contribution in [2.75, 3.05) is 59.5 Å². The van der Waals surface area contributed by atoms with Crippen LogP contribution in [0.4, 0.5) is 0 Å². The van der Waals surface area contributed by atoms with Gasteiger partial charge in [0.15, 0.2) is 5.96 Å². The van der Waals surface area contributed by atoms with Crippen LogP contribution >= 0.6 is 24.0 Å². The molecule has 0 saturated carbocycles. The number of hydrogen-bond donors (Lipinski definition) is 2. The molecule has 1 aromatic rings. The highest BCUT2D eigenvalue weighted by atomic mass is 127. The molecule has 3 heterocycles. The number of nitrogens with zero attached hydrogens (tertiary/aromatic N) is 3. The van der Waals surface area contributed by atoms with Crippen LogP contribution in [0.2, 0.25) is 0 Å². The molecular formula is C22H40IN5O2. The summed E-state index contributed by atoms with van der Waals surface area (Å²) in [6, 6.07) is 4.30. The maximum atomic E-state index is 5.97. The van der Waals surface area contributed by atoms with E-state index in [4.69, 9.17) is 9.15 Å². The first-order valence-corrected chi connectivity index (χ1v) is 11.1. The van der Waals surface area contributed by atoms with Gasteiger partial charge in [0.05, 0.1) is 19.3 Å². The Hall–Kier alpha value is -0.840. The summed E-state index contributed by atoms with van der Waals surface area (Å²) in [6.45, 7) is 14.0. The molecule has 0 radical (unpaired) electrons. The molecular weight excluding hydrogens is 493 g/mol.